The van der Waals surface area contributed by atoms with Crippen molar-refractivity contribution in [3.63, 3.8) is 0 Å². The maximum atomic E-state index is 12.3. The Kier molecular flexibility index (Phi) is 3.50. The number of nitrogens with one attached hydrogen (secondary N) is 2. The van der Waals surface area contributed by atoms with E-state index in [0.717, 1.165) is 29.7 Å². The van der Waals surface area contributed by atoms with Crippen molar-refractivity contribution in [3.8, 4) is 0 Å². The number of anilines is 1. The smallest absolute Gasteiger partial charge is 0.341 e. The molecule has 2 heterocycles. The van der Waals surface area contributed by atoms with Gasteiger partial charge in [0.1, 0.15) is 5.00 Å². The number of carbonyl (C=O) groups is 2. The number of nitrogens with zero attached hydrogens (tertiary/aromatic N) is 1. The number of carbonyl (C=O) groups excluding carboxylic acids is 2. The number of aromatic amines is 1. The highest BCUT2D eigenvalue weighted by molar-refractivity contribution is 7.17. The number of ether oxygens (including phenoxy) is 1. The lowest BCUT2D eigenvalue weighted by atomic mass is 10.1. The Morgan fingerprint density at radius 1 is 1.43 bits per heavy atom. The number of thiophene rings is 1. The molecule has 0 unspecified atom stereocenters. The van der Waals surface area contributed by atoms with Crippen LogP contribution in [0.15, 0.2) is 6.20 Å². The number of hydrogen-bond donors (Lipinski definition) is 2. The van der Waals surface area contributed by atoms with Crippen LogP contribution in [0.3, 0.4) is 0 Å². The molecule has 0 atom stereocenters. The van der Waals surface area contributed by atoms with Crippen molar-refractivity contribution in [1.29, 1.82) is 0 Å². The Bertz CT molecular complexity index is 717. The summed E-state index contributed by atoms with van der Waals surface area (Å²) in [6.07, 6.45) is 4.32. The SMILES string of the molecule is COC(=O)c1c(NC(=O)c2cn[nH]c2C)sc2c1CCC2. The van der Waals surface area contributed by atoms with Crippen LogP contribution in [0.5, 0.6) is 0 Å². The molecule has 0 aromatic carbocycles. The van der Waals surface area contributed by atoms with Crippen molar-refractivity contribution in [3.05, 3.63) is 33.5 Å². The van der Waals surface area contributed by atoms with E-state index in [1.807, 2.05) is 0 Å². The molecule has 0 bridgehead atoms. The van der Waals surface area contributed by atoms with Gasteiger partial charge in [0.2, 0.25) is 0 Å². The van der Waals surface area contributed by atoms with E-state index in [1.165, 1.54) is 24.6 Å². The maximum absolute atomic E-state index is 12.3. The fourth-order valence-electron chi connectivity index (χ4n) is 2.56. The quantitative estimate of drug-likeness (QED) is 0.852. The molecule has 2 aromatic heterocycles. The number of hydrogen-bond acceptors (Lipinski definition) is 5. The minimum Gasteiger partial charge on any atom is -0.465 e. The molecule has 3 rings (SSSR count). The van der Waals surface area contributed by atoms with Gasteiger partial charge in [-0.2, -0.15) is 5.10 Å². The predicted molar refractivity (Wildman–Crippen MR) is 79.0 cm³/mol. The molecule has 1 amide bonds. The molecule has 0 fully saturated rings. The van der Waals surface area contributed by atoms with Gasteiger partial charge in [0.15, 0.2) is 0 Å². The molecular weight excluding hydrogens is 290 g/mol. The highest BCUT2D eigenvalue weighted by Crippen LogP contribution is 2.39. The summed E-state index contributed by atoms with van der Waals surface area (Å²) in [7, 11) is 1.35. The molecule has 21 heavy (non-hydrogen) atoms. The molecule has 7 heteroatoms. The molecule has 2 aromatic rings. The Morgan fingerprint density at radius 3 is 2.90 bits per heavy atom. The molecule has 0 saturated carbocycles. The van der Waals surface area contributed by atoms with Gasteiger partial charge in [0.25, 0.3) is 5.91 Å². The van der Waals surface area contributed by atoms with Gasteiger partial charge in [-0.1, -0.05) is 0 Å². The first-order valence-electron chi connectivity index (χ1n) is 6.66. The molecular formula is C14H15N3O3S. The van der Waals surface area contributed by atoms with Gasteiger partial charge in [0.05, 0.1) is 24.4 Å². The zero-order valence-electron chi connectivity index (χ0n) is 11.8. The number of methoxy groups -OCH3 is 1. The number of rotatable bonds is 3. The highest BCUT2D eigenvalue weighted by Gasteiger charge is 2.28. The van der Waals surface area contributed by atoms with Crippen molar-refractivity contribution in [2.24, 2.45) is 0 Å². The summed E-state index contributed by atoms with van der Waals surface area (Å²) >= 11 is 1.46. The third kappa shape index (κ3) is 2.33. The molecule has 1 aliphatic rings. The normalized spacial score (nSPS) is 13.0. The molecule has 6 nitrogen and oxygen atoms in total. The average molecular weight is 305 g/mol. The third-order valence-corrected chi connectivity index (χ3v) is 4.82. The van der Waals surface area contributed by atoms with Crippen LogP contribution in [0.1, 0.15) is 43.3 Å². The van der Waals surface area contributed by atoms with Crippen molar-refractivity contribution < 1.29 is 14.3 Å². The van der Waals surface area contributed by atoms with Gasteiger partial charge < -0.3 is 10.1 Å². The summed E-state index contributed by atoms with van der Waals surface area (Å²) in [5.41, 5.74) is 2.69. The van der Waals surface area contributed by atoms with Crippen LogP contribution in [0.2, 0.25) is 0 Å². The summed E-state index contributed by atoms with van der Waals surface area (Å²) in [6.45, 7) is 1.78. The molecule has 0 radical (unpaired) electrons. The first kappa shape index (κ1) is 13.8. The van der Waals surface area contributed by atoms with E-state index in [2.05, 4.69) is 15.5 Å². The van der Waals surface area contributed by atoms with Crippen LogP contribution >= 0.6 is 11.3 Å². The minimum atomic E-state index is -0.395. The van der Waals surface area contributed by atoms with E-state index in [4.69, 9.17) is 4.74 Å². The zero-order valence-corrected chi connectivity index (χ0v) is 12.6. The van der Waals surface area contributed by atoms with Gasteiger partial charge in [0, 0.05) is 10.6 Å². The monoisotopic (exact) mass is 305 g/mol. The standard InChI is InChI=1S/C14H15N3O3S/c1-7-9(6-15-17-7)12(18)16-13-11(14(19)20-2)8-4-3-5-10(8)21-13/h6H,3-5H2,1-2H3,(H,15,17)(H,16,18). The predicted octanol–water partition coefficient (Wildman–Crippen LogP) is 2.31. The number of aryl methyl sites for hydroxylation is 2. The van der Waals surface area contributed by atoms with Crippen LogP contribution in [0.25, 0.3) is 0 Å². The summed E-state index contributed by atoms with van der Waals surface area (Å²) < 4.78 is 4.85. The van der Waals surface area contributed by atoms with Gasteiger partial charge >= 0.3 is 5.97 Å². The molecule has 1 aliphatic carbocycles. The Balaban J connectivity index is 1.94. The topological polar surface area (TPSA) is 84.1 Å². The van der Waals surface area contributed by atoms with E-state index in [9.17, 15) is 9.59 Å². The zero-order chi connectivity index (χ0) is 15.0. The Morgan fingerprint density at radius 2 is 2.24 bits per heavy atom. The molecule has 0 saturated heterocycles. The van der Waals surface area contributed by atoms with Crippen LogP contribution in [-0.4, -0.2) is 29.2 Å². The minimum absolute atomic E-state index is 0.272. The van der Waals surface area contributed by atoms with E-state index in [1.54, 1.807) is 6.92 Å². The number of aromatic nitrogens is 2. The lowest BCUT2D eigenvalue weighted by Crippen LogP contribution is -2.15. The van der Waals surface area contributed by atoms with E-state index < -0.39 is 5.97 Å². The van der Waals surface area contributed by atoms with E-state index >= 15 is 0 Å². The van der Waals surface area contributed by atoms with Gasteiger partial charge in [-0.05, 0) is 31.7 Å². The van der Waals surface area contributed by atoms with Crippen LogP contribution < -0.4 is 5.32 Å². The summed E-state index contributed by atoms with van der Waals surface area (Å²) in [5.74, 6) is -0.667. The van der Waals surface area contributed by atoms with Gasteiger partial charge in [-0.25, -0.2) is 4.79 Å². The fraction of sp³-hybridized carbons (Fsp3) is 0.357. The fourth-order valence-corrected chi connectivity index (χ4v) is 3.83. The third-order valence-electron chi connectivity index (χ3n) is 3.61. The molecule has 0 aliphatic heterocycles. The number of H-pyrrole nitrogens is 1. The lowest BCUT2D eigenvalue weighted by molar-refractivity contribution is 0.0601. The second-order valence-corrected chi connectivity index (χ2v) is 6.02. The number of amides is 1. The van der Waals surface area contributed by atoms with Crippen molar-refractivity contribution in [2.75, 3.05) is 12.4 Å². The molecule has 2 N–H and O–H groups in total. The lowest BCUT2D eigenvalue weighted by Gasteiger charge is -2.06. The Labute approximate surface area is 125 Å². The summed E-state index contributed by atoms with van der Waals surface area (Å²) in [5, 5.41) is 9.94. The van der Waals surface area contributed by atoms with E-state index in [0.29, 0.717) is 21.8 Å². The van der Waals surface area contributed by atoms with Crippen LogP contribution in [0, 0.1) is 6.92 Å². The summed E-state index contributed by atoms with van der Waals surface area (Å²) in [4.78, 5) is 25.4. The van der Waals surface area contributed by atoms with Crippen molar-refractivity contribution in [1.82, 2.24) is 10.2 Å². The van der Waals surface area contributed by atoms with Crippen LogP contribution in [0.4, 0.5) is 5.00 Å². The van der Waals surface area contributed by atoms with Crippen LogP contribution in [-0.2, 0) is 17.6 Å². The molecule has 0 spiro atoms. The largest absolute Gasteiger partial charge is 0.465 e. The van der Waals surface area contributed by atoms with Crippen molar-refractivity contribution in [2.45, 2.75) is 26.2 Å². The van der Waals surface area contributed by atoms with Gasteiger partial charge in [-0.3, -0.25) is 9.89 Å². The highest BCUT2D eigenvalue weighted by atomic mass is 32.1. The first-order valence-corrected chi connectivity index (χ1v) is 7.47. The Hall–Kier alpha value is -2.15. The van der Waals surface area contributed by atoms with Gasteiger partial charge in [-0.15, -0.1) is 11.3 Å². The van der Waals surface area contributed by atoms with E-state index in [-0.39, 0.29) is 5.91 Å². The number of fused-ring (bicyclic) bond motifs is 1. The second kappa shape index (κ2) is 5.33. The molecule has 110 valence electrons. The van der Waals surface area contributed by atoms with Crippen molar-refractivity contribution >= 4 is 28.2 Å². The second-order valence-electron chi connectivity index (χ2n) is 4.92. The number of esters is 1. The average Bonchev–Trinajstić information content (AvgIpc) is 3.13. The maximum Gasteiger partial charge on any atom is 0.341 e. The summed E-state index contributed by atoms with van der Waals surface area (Å²) in [6, 6.07) is 0. The first-order chi connectivity index (χ1) is 10.1.